The molecular weight excluding hydrogens is 289 g/mol. The van der Waals surface area contributed by atoms with Crippen LogP contribution < -0.4 is 5.32 Å². The predicted octanol–water partition coefficient (Wildman–Crippen LogP) is 2.72. The lowest BCUT2D eigenvalue weighted by molar-refractivity contribution is -0.172. The minimum absolute atomic E-state index is 0.0900. The zero-order valence-electron chi connectivity index (χ0n) is 11.5. The molecule has 0 spiro atoms. The van der Waals surface area contributed by atoms with Gasteiger partial charge >= 0.3 is 12.1 Å². The van der Waals surface area contributed by atoms with E-state index in [0.29, 0.717) is 17.9 Å². The maximum absolute atomic E-state index is 11.9. The van der Waals surface area contributed by atoms with Crippen molar-refractivity contribution in [1.29, 1.82) is 0 Å². The Morgan fingerprint density at radius 1 is 1.43 bits per heavy atom. The number of anilines is 1. The number of aryl methyl sites for hydroxylation is 1. The molecule has 0 aliphatic heterocycles. The molecule has 0 saturated heterocycles. The first-order valence-electron chi connectivity index (χ1n) is 6.44. The summed E-state index contributed by atoms with van der Waals surface area (Å²) in [5.41, 5.74) is 0.711. The lowest BCUT2D eigenvalue weighted by Crippen LogP contribution is -2.20. The van der Waals surface area contributed by atoms with E-state index in [0.717, 1.165) is 6.42 Å². The van der Waals surface area contributed by atoms with Crippen LogP contribution in [0.1, 0.15) is 29.4 Å². The van der Waals surface area contributed by atoms with Gasteiger partial charge in [0.25, 0.3) is 0 Å². The van der Waals surface area contributed by atoms with Crippen LogP contribution in [0.15, 0.2) is 12.1 Å². The summed E-state index contributed by atoms with van der Waals surface area (Å²) in [6, 6.07) is 2.82. The Bertz CT molecular complexity index is 478. The second-order valence-corrected chi connectivity index (χ2v) is 4.38. The average molecular weight is 306 g/mol. The number of nitrogens with one attached hydrogen (secondary N) is 1. The summed E-state index contributed by atoms with van der Waals surface area (Å²) in [4.78, 5) is 15.2. The van der Waals surface area contributed by atoms with E-state index in [1.165, 1.54) is 12.1 Å². The molecule has 0 aromatic carbocycles. The van der Waals surface area contributed by atoms with Crippen LogP contribution in [-0.2, 0) is 11.2 Å². The molecular formula is C13H17F3N2O3. The highest BCUT2D eigenvalue weighted by molar-refractivity contribution is 5.88. The number of rotatable bonds is 8. The van der Waals surface area contributed by atoms with Gasteiger partial charge in [0, 0.05) is 12.2 Å². The van der Waals surface area contributed by atoms with E-state index < -0.39 is 18.8 Å². The van der Waals surface area contributed by atoms with Gasteiger partial charge in [-0.25, -0.2) is 9.78 Å². The monoisotopic (exact) mass is 306 g/mol. The van der Waals surface area contributed by atoms with Gasteiger partial charge in [0.15, 0.2) is 0 Å². The summed E-state index contributed by atoms with van der Waals surface area (Å²) in [5.74, 6) is -0.764. The van der Waals surface area contributed by atoms with Gasteiger partial charge in [0.2, 0.25) is 0 Å². The third-order valence-electron chi connectivity index (χ3n) is 2.45. The van der Waals surface area contributed by atoms with Crippen LogP contribution in [0.3, 0.4) is 0 Å². The van der Waals surface area contributed by atoms with Crippen molar-refractivity contribution < 1.29 is 27.8 Å². The van der Waals surface area contributed by atoms with E-state index in [2.05, 4.69) is 15.0 Å². The maximum Gasteiger partial charge on any atom is 0.411 e. The molecule has 1 rings (SSSR count). The third kappa shape index (κ3) is 6.94. The number of hydrogen-bond donors (Lipinski definition) is 2. The van der Waals surface area contributed by atoms with Gasteiger partial charge in [-0.1, -0.05) is 13.3 Å². The quantitative estimate of drug-likeness (QED) is 0.723. The molecule has 0 atom stereocenters. The van der Waals surface area contributed by atoms with Crippen molar-refractivity contribution in [2.24, 2.45) is 0 Å². The number of carboxylic acid groups (broad SMARTS) is 1. The van der Waals surface area contributed by atoms with Crippen LogP contribution in [0.4, 0.5) is 19.0 Å². The number of nitrogens with zero attached hydrogens (tertiary/aromatic N) is 1. The molecule has 1 aromatic rings. The lowest BCUT2D eigenvalue weighted by atomic mass is 10.1. The minimum Gasteiger partial charge on any atom is -0.478 e. The van der Waals surface area contributed by atoms with E-state index in [9.17, 15) is 18.0 Å². The van der Waals surface area contributed by atoms with E-state index in [-0.39, 0.29) is 18.7 Å². The third-order valence-corrected chi connectivity index (χ3v) is 2.45. The van der Waals surface area contributed by atoms with Gasteiger partial charge in [0.1, 0.15) is 12.4 Å². The Morgan fingerprint density at radius 3 is 2.71 bits per heavy atom. The number of halogens is 3. The molecule has 1 heterocycles. The standard InChI is InChI=1S/C13H17F3N2O3/c1-2-3-10-6-9(12(19)20)7-11(18-10)17-4-5-21-8-13(14,15)16/h6-7H,2-5,8H2,1H3,(H,17,18)(H,19,20). The first kappa shape index (κ1) is 17.2. The van der Waals surface area contributed by atoms with Crippen LogP contribution in [0.2, 0.25) is 0 Å². The second-order valence-electron chi connectivity index (χ2n) is 4.38. The molecule has 5 nitrogen and oxygen atoms in total. The van der Waals surface area contributed by atoms with Crippen LogP contribution in [0, 0.1) is 0 Å². The number of aromatic carboxylic acids is 1. The fourth-order valence-corrected chi connectivity index (χ4v) is 1.63. The van der Waals surface area contributed by atoms with E-state index in [4.69, 9.17) is 5.11 Å². The van der Waals surface area contributed by atoms with Crippen molar-refractivity contribution >= 4 is 11.8 Å². The van der Waals surface area contributed by atoms with Gasteiger partial charge in [-0.3, -0.25) is 0 Å². The highest BCUT2D eigenvalue weighted by Crippen LogP contribution is 2.14. The van der Waals surface area contributed by atoms with E-state index >= 15 is 0 Å². The first-order valence-corrected chi connectivity index (χ1v) is 6.44. The van der Waals surface area contributed by atoms with Crippen molar-refractivity contribution in [2.75, 3.05) is 25.1 Å². The highest BCUT2D eigenvalue weighted by Gasteiger charge is 2.27. The smallest absolute Gasteiger partial charge is 0.411 e. The first-order chi connectivity index (χ1) is 9.81. The molecule has 0 bridgehead atoms. The fourth-order valence-electron chi connectivity index (χ4n) is 1.63. The lowest BCUT2D eigenvalue weighted by Gasteiger charge is -2.10. The Kier molecular flexibility index (Phi) is 6.41. The molecule has 8 heteroatoms. The fraction of sp³-hybridized carbons (Fsp3) is 0.538. The summed E-state index contributed by atoms with van der Waals surface area (Å²) in [6.45, 7) is 0.588. The van der Waals surface area contributed by atoms with Crippen LogP contribution in [0.25, 0.3) is 0 Å². The molecule has 21 heavy (non-hydrogen) atoms. The van der Waals surface area contributed by atoms with Crippen molar-refractivity contribution in [3.8, 4) is 0 Å². The highest BCUT2D eigenvalue weighted by atomic mass is 19.4. The Balaban J connectivity index is 2.55. The second kappa shape index (κ2) is 7.82. The average Bonchev–Trinajstić information content (AvgIpc) is 2.37. The van der Waals surface area contributed by atoms with Gasteiger partial charge in [0.05, 0.1) is 12.2 Å². The SMILES string of the molecule is CCCc1cc(C(=O)O)cc(NCCOCC(F)(F)F)n1. The summed E-state index contributed by atoms with van der Waals surface area (Å²) < 4.78 is 40.0. The van der Waals surface area contributed by atoms with Gasteiger partial charge in [-0.05, 0) is 18.6 Å². The van der Waals surface area contributed by atoms with Crippen LogP contribution in [-0.4, -0.2) is 42.0 Å². The van der Waals surface area contributed by atoms with Gasteiger partial charge in [-0.15, -0.1) is 0 Å². The molecule has 1 aromatic heterocycles. The van der Waals surface area contributed by atoms with E-state index in [1.807, 2.05) is 6.92 Å². The predicted molar refractivity (Wildman–Crippen MR) is 70.6 cm³/mol. The number of carboxylic acids is 1. The topological polar surface area (TPSA) is 71.5 Å². The largest absolute Gasteiger partial charge is 0.478 e. The van der Waals surface area contributed by atoms with Crippen LogP contribution in [0.5, 0.6) is 0 Å². The molecule has 0 saturated carbocycles. The van der Waals surface area contributed by atoms with Crippen molar-refractivity contribution in [3.63, 3.8) is 0 Å². The number of hydrogen-bond acceptors (Lipinski definition) is 4. The number of alkyl halides is 3. The number of ether oxygens (including phenoxy) is 1. The Morgan fingerprint density at radius 2 is 2.14 bits per heavy atom. The zero-order chi connectivity index (χ0) is 15.9. The van der Waals surface area contributed by atoms with Crippen molar-refractivity contribution in [1.82, 2.24) is 4.98 Å². The van der Waals surface area contributed by atoms with Gasteiger partial charge in [-0.2, -0.15) is 13.2 Å². The maximum atomic E-state index is 11.9. The summed E-state index contributed by atoms with van der Waals surface area (Å²) in [6.07, 6.45) is -2.92. The van der Waals surface area contributed by atoms with Crippen LogP contribution >= 0.6 is 0 Å². The molecule has 0 amide bonds. The van der Waals surface area contributed by atoms with Crippen molar-refractivity contribution in [3.05, 3.63) is 23.4 Å². The molecule has 0 fully saturated rings. The zero-order valence-corrected chi connectivity index (χ0v) is 11.5. The number of aromatic nitrogens is 1. The molecule has 0 radical (unpaired) electrons. The molecule has 118 valence electrons. The summed E-state index contributed by atoms with van der Waals surface area (Å²) in [7, 11) is 0. The molecule has 2 N–H and O–H groups in total. The van der Waals surface area contributed by atoms with E-state index in [1.54, 1.807) is 0 Å². The minimum atomic E-state index is -4.35. The number of carbonyl (C=O) groups is 1. The molecule has 0 aliphatic carbocycles. The number of pyridine rings is 1. The molecule has 0 unspecified atom stereocenters. The Hall–Kier alpha value is -1.83. The summed E-state index contributed by atoms with van der Waals surface area (Å²) >= 11 is 0. The molecule has 0 aliphatic rings. The summed E-state index contributed by atoms with van der Waals surface area (Å²) in [5, 5.41) is 11.8. The Labute approximate surface area is 120 Å². The van der Waals surface area contributed by atoms with Crippen molar-refractivity contribution in [2.45, 2.75) is 25.9 Å². The normalized spacial score (nSPS) is 11.4. The van der Waals surface area contributed by atoms with Gasteiger partial charge < -0.3 is 15.2 Å².